The van der Waals surface area contributed by atoms with Gasteiger partial charge in [-0.05, 0) is 45.2 Å². The maximum absolute atomic E-state index is 12.7. The Morgan fingerprint density at radius 2 is 2.04 bits per heavy atom. The molecular formula is C20H29N3O2S. The molecule has 5 nitrogen and oxygen atoms in total. The van der Waals surface area contributed by atoms with Crippen LogP contribution in [0.2, 0.25) is 0 Å². The molecule has 0 bridgehead atoms. The van der Waals surface area contributed by atoms with Gasteiger partial charge >= 0.3 is 0 Å². The second-order valence-corrected chi connectivity index (χ2v) is 8.11. The van der Waals surface area contributed by atoms with E-state index in [0.717, 1.165) is 34.9 Å². The third-order valence-corrected chi connectivity index (χ3v) is 5.38. The Bertz CT molecular complexity index is 708. The summed E-state index contributed by atoms with van der Waals surface area (Å²) in [6, 6.07) is 3.79. The lowest BCUT2D eigenvalue weighted by Crippen LogP contribution is -2.33. The van der Waals surface area contributed by atoms with E-state index in [1.165, 1.54) is 18.2 Å². The number of hydrogen-bond acceptors (Lipinski definition) is 5. The number of nitrogens with zero attached hydrogens (tertiary/aromatic N) is 2. The van der Waals surface area contributed by atoms with E-state index in [4.69, 9.17) is 4.52 Å². The molecule has 0 spiro atoms. The first kappa shape index (κ1) is 20.5. The fourth-order valence-corrected chi connectivity index (χ4v) is 3.88. The standard InChI is InChI=1S/C20H29N3O2S/c1-13(2)8-6-9-14(3)22-19(24)17-10-7-11-21-20(17)26-12-18-15(4)23-25-16(18)5/h7,10-11,13-14H,6,8-9,12H2,1-5H3,(H,22,24). The highest BCUT2D eigenvalue weighted by Gasteiger charge is 2.17. The number of thioether (sulfide) groups is 1. The van der Waals surface area contributed by atoms with Crippen molar-refractivity contribution in [3.63, 3.8) is 0 Å². The Hall–Kier alpha value is -1.82. The zero-order valence-corrected chi connectivity index (χ0v) is 17.2. The van der Waals surface area contributed by atoms with Crippen molar-refractivity contribution in [1.29, 1.82) is 0 Å². The molecule has 6 heteroatoms. The van der Waals surface area contributed by atoms with Crippen molar-refractivity contribution < 1.29 is 9.32 Å². The molecule has 142 valence electrons. The van der Waals surface area contributed by atoms with Crippen LogP contribution in [0.4, 0.5) is 0 Å². The third-order valence-electron chi connectivity index (χ3n) is 4.35. The van der Waals surface area contributed by atoms with Gasteiger partial charge in [0.15, 0.2) is 0 Å². The Morgan fingerprint density at radius 3 is 2.69 bits per heavy atom. The number of hydrogen-bond donors (Lipinski definition) is 1. The lowest BCUT2D eigenvalue weighted by molar-refractivity contribution is 0.0934. The second kappa shape index (κ2) is 9.76. The monoisotopic (exact) mass is 375 g/mol. The maximum Gasteiger partial charge on any atom is 0.254 e. The molecule has 0 saturated carbocycles. The van der Waals surface area contributed by atoms with Crippen LogP contribution in [0.3, 0.4) is 0 Å². The van der Waals surface area contributed by atoms with E-state index in [2.05, 4.69) is 36.2 Å². The van der Waals surface area contributed by atoms with E-state index in [9.17, 15) is 4.79 Å². The highest BCUT2D eigenvalue weighted by Crippen LogP contribution is 2.27. The van der Waals surface area contributed by atoms with E-state index < -0.39 is 0 Å². The van der Waals surface area contributed by atoms with Crippen LogP contribution >= 0.6 is 11.8 Å². The number of amides is 1. The molecule has 0 aliphatic carbocycles. The van der Waals surface area contributed by atoms with Gasteiger partial charge in [-0.1, -0.05) is 31.8 Å². The van der Waals surface area contributed by atoms with Crippen molar-refractivity contribution >= 4 is 17.7 Å². The van der Waals surface area contributed by atoms with E-state index in [-0.39, 0.29) is 11.9 Å². The number of aromatic nitrogens is 2. The zero-order valence-electron chi connectivity index (χ0n) is 16.3. The molecule has 1 N–H and O–H groups in total. The Balaban J connectivity index is 1.98. The minimum Gasteiger partial charge on any atom is -0.361 e. The van der Waals surface area contributed by atoms with Crippen LogP contribution in [-0.4, -0.2) is 22.1 Å². The summed E-state index contributed by atoms with van der Waals surface area (Å²) < 4.78 is 5.21. The molecule has 2 rings (SSSR count). The SMILES string of the molecule is Cc1noc(C)c1CSc1ncccc1C(=O)NC(C)CCCC(C)C. The van der Waals surface area contributed by atoms with Gasteiger partial charge in [-0.2, -0.15) is 0 Å². The molecule has 2 aromatic heterocycles. The molecule has 0 fully saturated rings. The van der Waals surface area contributed by atoms with Gasteiger partial charge in [-0.15, -0.1) is 11.8 Å². The van der Waals surface area contributed by atoms with Crippen LogP contribution in [0.25, 0.3) is 0 Å². The van der Waals surface area contributed by atoms with Gasteiger partial charge in [0, 0.05) is 23.6 Å². The Kier molecular flexibility index (Phi) is 7.69. The minimum absolute atomic E-state index is 0.0589. The number of pyridine rings is 1. The van der Waals surface area contributed by atoms with Crippen LogP contribution in [-0.2, 0) is 5.75 Å². The molecule has 26 heavy (non-hydrogen) atoms. The lowest BCUT2D eigenvalue weighted by atomic mass is 10.0. The van der Waals surface area contributed by atoms with Crippen molar-refractivity contribution in [1.82, 2.24) is 15.5 Å². The van der Waals surface area contributed by atoms with Crippen molar-refractivity contribution in [2.45, 2.75) is 70.7 Å². The molecular weight excluding hydrogens is 346 g/mol. The number of carbonyl (C=O) groups excluding carboxylic acids is 1. The van der Waals surface area contributed by atoms with Crippen molar-refractivity contribution in [3.05, 3.63) is 40.9 Å². The third kappa shape index (κ3) is 5.87. The molecule has 0 aromatic carbocycles. The summed E-state index contributed by atoms with van der Waals surface area (Å²) in [6.07, 6.45) is 5.02. The molecule has 1 atom stereocenters. The van der Waals surface area contributed by atoms with Crippen molar-refractivity contribution in [2.75, 3.05) is 0 Å². The summed E-state index contributed by atoms with van der Waals surface area (Å²) in [7, 11) is 0. The van der Waals surface area contributed by atoms with Gasteiger partial charge in [0.1, 0.15) is 10.8 Å². The van der Waals surface area contributed by atoms with Gasteiger partial charge in [0.25, 0.3) is 5.91 Å². The normalized spacial score (nSPS) is 12.4. The van der Waals surface area contributed by atoms with Crippen LogP contribution in [0.15, 0.2) is 27.9 Å². The molecule has 2 aromatic rings. The van der Waals surface area contributed by atoms with Gasteiger partial charge in [-0.3, -0.25) is 4.79 Å². The molecule has 2 heterocycles. The number of rotatable bonds is 9. The highest BCUT2D eigenvalue weighted by molar-refractivity contribution is 7.98. The summed E-state index contributed by atoms with van der Waals surface area (Å²) in [4.78, 5) is 17.1. The Labute approximate surface area is 160 Å². The zero-order chi connectivity index (χ0) is 19.1. The van der Waals surface area contributed by atoms with E-state index in [1.807, 2.05) is 19.9 Å². The highest BCUT2D eigenvalue weighted by atomic mass is 32.2. The number of nitrogens with one attached hydrogen (secondary N) is 1. The van der Waals surface area contributed by atoms with Gasteiger partial charge in [-0.25, -0.2) is 4.98 Å². The van der Waals surface area contributed by atoms with Gasteiger partial charge < -0.3 is 9.84 Å². The maximum atomic E-state index is 12.7. The summed E-state index contributed by atoms with van der Waals surface area (Å²) in [5, 5.41) is 7.82. The minimum atomic E-state index is -0.0589. The molecule has 0 aliphatic heterocycles. The first-order valence-electron chi connectivity index (χ1n) is 9.19. The fourth-order valence-electron chi connectivity index (χ4n) is 2.73. The second-order valence-electron chi connectivity index (χ2n) is 7.15. The predicted octanol–water partition coefficient (Wildman–Crippen LogP) is 4.92. The van der Waals surface area contributed by atoms with Crippen molar-refractivity contribution in [3.8, 4) is 0 Å². The smallest absolute Gasteiger partial charge is 0.254 e. The van der Waals surface area contributed by atoms with E-state index in [0.29, 0.717) is 17.2 Å². The van der Waals surface area contributed by atoms with Crippen LogP contribution in [0.5, 0.6) is 0 Å². The summed E-state index contributed by atoms with van der Waals surface area (Å²) >= 11 is 1.54. The molecule has 1 amide bonds. The van der Waals surface area contributed by atoms with Gasteiger partial charge in [0.2, 0.25) is 0 Å². The lowest BCUT2D eigenvalue weighted by Gasteiger charge is -2.15. The van der Waals surface area contributed by atoms with Gasteiger partial charge in [0.05, 0.1) is 11.3 Å². The molecule has 0 radical (unpaired) electrons. The largest absolute Gasteiger partial charge is 0.361 e. The molecule has 0 aliphatic rings. The summed E-state index contributed by atoms with van der Waals surface area (Å²) in [5.74, 6) is 2.14. The fraction of sp³-hybridized carbons (Fsp3) is 0.550. The first-order chi connectivity index (χ1) is 12.4. The average Bonchev–Trinajstić information content (AvgIpc) is 2.91. The summed E-state index contributed by atoms with van der Waals surface area (Å²) in [5.41, 5.74) is 2.57. The number of carbonyl (C=O) groups is 1. The van der Waals surface area contributed by atoms with Crippen LogP contribution < -0.4 is 5.32 Å². The quantitative estimate of drug-likeness (QED) is 0.630. The van der Waals surface area contributed by atoms with E-state index in [1.54, 1.807) is 12.3 Å². The molecule has 0 saturated heterocycles. The van der Waals surface area contributed by atoms with E-state index >= 15 is 0 Å². The van der Waals surface area contributed by atoms with Crippen LogP contribution in [0, 0.1) is 19.8 Å². The predicted molar refractivity (Wildman–Crippen MR) is 105 cm³/mol. The first-order valence-corrected chi connectivity index (χ1v) is 10.2. The summed E-state index contributed by atoms with van der Waals surface area (Å²) in [6.45, 7) is 10.3. The van der Waals surface area contributed by atoms with Crippen LogP contribution in [0.1, 0.15) is 67.4 Å². The molecule has 1 unspecified atom stereocenters. The number of aryl methyl sites for hydroxylation is 2. The Morgan fingerprint density at radius 1 is 1.27 bits per heavy atom. The average molecular weight is 376 g/mol. The topological polar surface area (TPSA) is 68.0 Å². The van der Waals surface area contributed by atoms with Crippen molar-refractivity contribution in [2.24, 2.45) is 5.92 Å².